The summed E-state index contributed by atoms with van der Waals surface area (Å²) in [5.74, 6) is -2.06. The van der Waals surface area contributed by atoms with Crippen molar-refractivity contribution in [2.45, 2.75) is 26.8 Å². The molecule has 2 N–H and O–H groups in total. The van der Waals surface area contributed by atoms with E-state index in [1.807, 2.05) is 6.92 Å². The first-order valence-corrected chi connectivity index (χ1v) is 7.84. The number of nitrogens with one attached hydrogen (secondary N) is 1. The number of carbonyl (C=O) groups excluding carboxylic acids is 2. The quantitative estimate of drug-likeness (QED) is 0.799. The first-order valence-electron chi connectivity index (χ1n) is 7.02. The Kier molecular flexibility index (Phi) is 5.03. The second-order valence-electron chi connectivity index (χ2n) is 5.16. The largest absolute Gasteiger partial charge is 0.478 e. The Labute approximate surface area is 142 Å². The van der Waals surface area contributed by atoms with Gasteiger partial charge in [0.2, 0.25) is 5.91 Å². The zero-order chi connectivity index (χ0) is 18.0. The molecule has 0 fully saturated rings. The second-order valence-corrected chi connectivity index (χ2v) is 6.38. The highest BCUT2D eigenvalue weighted by Crippen LogP contribution is 2.33. The first kappa shape index (κ1) is 17.7. The number of methoxy groups -OCH3 is 1. The number of nitrogens with zero attached hydrogens (tertiary/aromatic N) is 2. The van der Waals surface area contributed by atoms with E-state index in [9.17, 15) is 14.4 Å². The summed E-state index contributed by atoms with van der Waals surface area (Å²) in [7, 11) is 1.28. The van der Waals surface area contributed by atoms with Gasteiger partial charge in [0.1, 0.15) is 11.0 Å². The number of carboxylic acids is 1. The van der Waals surface area contributed by atoms with Crippen LogP contribution in [0, 0.1) is 13.8 Å². The van der Waals surface area contributed by atoms with Crippen molar-refractivity contribution in [1.29, 1.82) is 0 Å². The van der Waals surface area contributed by atoms with E-state index < -0.39 is 23.9 Å². The molecule has 0 spiro atoms. The predicted molar refractivity (Wildman–Crippen MR) is 87.7 cm³/mol. The predicted octanol–water partition coefficient (Wildman–Crippen LogP) is 2.25. The molecule has 2 aromatic rings. The molecule has 0 aliphatic carbocycles. The Balaban J connectivity index is 2.24. The standard InChI is InChI=1S/C15H17N3O5S/c1-7-9(3)24-13(11(7)15(22)23-4)17-12(19)8(2)18-6-10(5-16-18)14(20)21/h5-6,8H,1-4H3,(H,17,19)(H,20,21). The van der Waals surface area contributed by atoms with E-state index in [2.05, 4.69) is 10.4 Å². The lowest BCUT2D eigenvalue weighted by Crippen LogP contribution is -2.24. The highest BCUT2D eigenvalue weighted by molar-refractivity contribution is 7.16. The summed E-state index contributed by atoms with van der Waals surface area (Å²) >= 11 is 1.28. The number of aryl methyl sites for hydroxylation is 1. The van der Waals surface area contributed by atoms with Gasteiger partial charge in [-0.15, -0.1) is 11.3 Å². The average Bonchev–Trinajstić information content (AvgIpc) is 3.12. The van der Waals surface area contributed by atoms with Gasteiger partial charge in [0.05, 0.1) is 24.4 Å². The highest BCUT2D eigenvalue weighted by atomic mass is 32.1. The molecule has 24 heavy (non-hydrogen) atoms. The van der Waals surface area contributed by atoms with Gasteiger partial charge in [0.25, 0.3) is 0 Å². The number of hydrogen-bond acceptors (Lipinski definition) is 6. The lowest BCUT2D eigenvalue weighted by atomic mass is 10.1. The van der Waals surface area contributed by atoms with Crippen molar-refractivity contribution < 1.29 is 24.2 Å². The smallest absolute Gasteiger partial charge is 0.341 e. The van der Waals surface area contributed by atoms with E-state index in [1.54, 1.807) is 13.8 Å². The molecule has 0 saturated carbocycles. The first-order chi connectivity index (χ1) is 11.3. The van der Waals surface area contributed by atoms with Gasteiger partial charge in [-0.2, -0.15) is 5.10 Å². The number of ether oxygens (including phenoxy) is 1. The van der Waals surface area contributed by atoms with E-state index in [1.165, 1.54) is 35.5 Å². The third-order valence-electron chi connectivity index (χ3n) is 3.64. The Morgan fingerprint density at radius 1 is 1.38 bits per heavy atom. The van der Waals surface area contributed by atoms with Crippen LogP contribution in [-0.4, -0.2) is 39.8 Å². The number of carbonyl (C=O) groups is 3. The van der Waals surface area contributed by atoms with Crippen LogP contribution in [0.1, 0.15) is 44.1 Å². The summed E-state index contributed by atoms with van der Waals surface area (Å²) in [6.07, 6.45) is 2.45. The zero-order valence-corrected chi connectivity index (χ0v) is 14.4. The van der Waals surface area contributed by atoms with Gasteiger partial charge in [-0.05, 0) is 26.3 Å². The minimum absolute atomic E-state index is 0.00675. The van der Waals surface area contributed by atoms with Gasteiger partial charge < -0.3 is 15.2 Å². The Bertz CT molecular complexity index is 808. The third-order valence-corrected chi connectivity index (χ3v) is 4.76. The zero-order valence-electron chi connectivity index (χ0n) is 13.6. The monoisotopic (exact) mass is 351 g/mol. The summed E-state index contributed by atoms with van der Waals surface area (Å²) in [6.45, 7) is 5.21. The van der Waals surface area contributed by atoms with Gasteiger partial charge in [-0.25, -0.2) is 9.59 Å². The fraction of sp³-hybridized carbons (Fsp3) is 0.333. The number of carboxylic acid groups (broad SMARTS) is 1. The van der Waals surface area contributed by atoms with Crippen LogP contribution in [0.4, 0.5) is 5.00 Å². The number of anilines is 1. The second kappa shape index (κ2) is 6.83. The maximum Gasteiger partial charge on any atom is 0.341 e. The lowest BCUT2D eigenvalue weighted by Gasteiger charge is -2.12. The molecule has 0 radical (unpaired) electrons. The number of amides is 1. The van der Waals surface area contributed by atoms with Crippen LogP contribution in [0.3, 0.4) is 0 Å². The molecule has 0 aliphatic rings. The summed E-state index contributed by atoms with van der Waals surface area (Å²) < 4.78 is 6.01. The Morgan fingerprint density at radius 3 is 2.58 bits per heavy atom. The van der Waals surface area contributed by atoms with Crippen LogP contribution < -0.4 is 5.32 Å². The molecule has 2 heterocycles. The average molecular weight is 351 g/mol. The minimum Gasteiger partial charge on any atom is -0.478 e. The number of aromatic nitrogens is 2. The minimum atomic E-state index is -1.12. The maximum atomic E-state index is 12.4. The molecule has 1 unspecified atom stereocenters. The van der Waals surface area contributed by atoms with Gasteiger partial charge in [0, 0.05) is 11.1 Å². The van der Waals surface area contributed by atoms with Crippen molar-refractivity contribution in [2.24, 2.45) is 0 Å². The van der Waals surface area contributed by atoms with Crippen LogP contribution in [0.5, 0.6) is 0 Å². The highest BCUT2D eigenvalue weighted by Gasteiger charge is 2.24. The van der Waals surface area contributed by atoms with Crippen molar-refractivity contribution >= 4 is 34.2 Å². The molecule has 9 heteroatoms. The SMILES string of the molecule is COC(=O)c1c(NC(=O)C(C)n2cc(C(=O)O)cn2)sc(C)c1C. The lowest BCUT2D eigenvalue weighted by molar-refractivity contribution is -0.119. The summed E-state index contributed by atoms with van der Waals surface area (Å²) in [5.41, 5.74) is 1.07. The number of aromatic carboxylic acids is 1. The molecule has 128 valence electrons. The van der Waals surface area contributed by atoms with Crippen molar-refractivity contribution in [3.05, 3.63) is 34.0 Å². The molecule has 8 nitrogen and oxygen atoms in total. The van der Waals surface area contributed by atoms with Crippen LogP contribution in [0.15, 0.2) is 12.4 Å². The number of rotatable bonds is 5. The molecule has 0 saturated heterocycles. The third kappa shape index (κ3) is 3.30. The molecular formula is C15H17N3O5S. The van der Waals surface area contributed by atoms with Crippen molar-refractivity contribution in [3.63, 3.8) is 0 Å². The molecule has 2 rings (SSSR count). The van der Waals surface area contributed by atoms with E-state index in [4.69, 9.17) is 9.84 Å². The van der Waals surface area contributed by atoms with E-state index >= 15 is 0 Å². The number of hydrogen-bond donors (Lipinski definition) is 2. The fourth-order valence-electron chi connectivity index (χ4n) is 2.06. The fourth-order valence-corrected chi connectivity index (χ4v) is 3.11. The summed E-state index contributed by atoms with van der Waals surface area (Å²) in [4.78, 5) is 36.1. The van der Waals surface area contributed by atoms with Gasteiger partial charge in [-0.3, -0.25) is 9.48 Å². The molecule has 2 aromatic heterocycles. The summed E-state index contributed by atoms with van der Waals surface area (Å²) in [5, 5.41) is 15.9. The van der Waals surface area contributed by atoms with Gasteiger partial charge >= 0.3 is 11.9 Å². The van der Waals surface area contributed by atoms with Crippen LogP contribution in [0.2, 0.25) is 0 Å². The van der Waals surface area contributed by atoms with Crippen molar-refractivity contribution in [3.8, 4) is 0 Å². The van der Waals surface area contributed by atoms with Crippen LogP contribution >= 0.6 is 11.3 Å². The van der Waals surface area contributed by atoms with Gasteiger partial charge in [-0.1, -0.05) is 0 Å². The molecule has 0 aliphatic heterocycles. The van der Waals surface area contributed by atoms with Gasteiger partial charge in [0.15, 0.2) is 0 Å². The van der Waals surface area contributed by atoms with Crippen LogP contribution in [0.25, 0.3) is 0 Å². The number of esters is 1. The molecule has 0 aromatic carbocycles. The molecule has 0 bridgehead atoms. The Hall–Kier alpha value is -2.68. The van der Waals surface area contributed by atoms with E-state index in [0.717, 1.165) is 10.4 Å². The maximum absolute atomic E-state index is 12.4. The van der Waals surface area contributed by atoms with Crippen LogP contribution in [-0.2, 0) is 9.53 Å². The van der Waals surface area contributed by atoms with Crippen molar-refractivity contribution in [1.82, 2.24) is 9.78 Å². The van der Waals surface area contributed by atoms with E-state index in [0.29, 0.717) is 10.6 Å². The van der Waals surface area contributed by atoms with Crippen molar-refractivity contribution in [2.75, 3.05) is 12.4 Å². The molecule has 1 amide bonds. The van der Waals surface area contributed by atoms with E-state index in [-0.39, 0.29) is 5.56 Å². The number of thiophene rings is 1. The topological polar surface area (TPSA) is 111 Å². The molecule has 1 atom stereocenters. The summed E-state index contributed by atoms with van der Waals surface area (Å²) in [6, 6.07) is -0.744. The normalized spacial score (nSPS) is 11.8. The Morgan fingerprint density at radius 2 is 2.04 bits per heavy atom. The molecular weight excluding hydrogens is 334 g/mol.